The van der Waals surface area contributed by atoms with Crippen LogP contribution in [0.5, 0.6) is 11.5 Å². The summed E-state index contributed by atoms with van der Waals surface area (Å²) < 4.78 is 21.4. The highest BCUT2D eigenvalue weighted by molar-refractivity contribution is 6.09. The average Bonchev–Trinajstić information content (AvgIpc) is 3.17. The maximum atomic E-state index is 13.9. The summed E-state index contributed by atoms with van der Waals surface area (Å²) in [6.45, 7) is 0.218. The second-order valence-corrected chi connectivity index (χ2v) is 6.88. The Labute approximate surface area is 174 Å². The monoisotopic (exact) mass is 418 g/mol. The Balaban J connectivity index is 1.70. The summed E-state index contributed by atoms with van der Waals surface area (Å²) in [6, 6.07) is 10.2. The summed E-state index contributed by atoms with van der Waals surface area (Å²) >= 11 is 0. The van der Waals surface area contributed by atoms with Gasteiger partial charge in [-0.05, 0) is 42.5 Å². The van der Waals surface area contributed by atoms with Gasteiger partial charge in [0.15, 0.2) is 11.4 Å². The quantitative estimate of drug-likeness (QED) is 0.437. The molecule has 0 unspecified atom stereocenters. The molecule has 0 aliphatic carbocycles. The van der Waals surface area contributed by atoms with Crippen molar-refractivity contribution in [3.63, 3.8) is 0 Å². The van der Waals surface area contributed by atoms with Crippen LogP contribution in [0.25, 0.3) is 5.65 Å². The molecule has 1 aliphatic heterocycles. The Morgan fingerprint density at radius 3 is 2.84 bits per heavy atom. The van der Waals surface area contributed by atoms with E-state index in [-0.39, 0.29) is 29.1 Å². The van der Waals surface area contributed by atoms with Gasteiger partial charge in [-0.15, -0.1) is 0 Å². The minimum atomic E-state index is -0.658. The Bertz CT molecular complexity index is 1370. The fraction of sp³-hybridized carbons (Fsp3) is 0.0476. The first kappa shape index (κ1) is 18.6. The third-order valence-corrected chi connectivity index (χ3v) is 4.83. The lowest BCUT2D eigenvalue weighted by atomic mass is 10.1. The third kappa shape index (κ3) is 3.39. The number of hydrogen-bond donors (Lipinski definition) is 3. The molecular weight excluding hydrogens is 403 g/mol. The molecule has 0 atom stereocenters. The van der Waals surface area contributed by atoms with Gasteiger partial charge >= 0.3 is 0 Å². The number of nitrogens with two attached hydrogens (primary N) is 1. The number of ether oxygens (including phenoxy) is 1. The number of primary amides is 1. The molecule has 2 aromatic carbocycles. The van der Waals surface area contributed by atoms with E-state index in [1.807, 2.05) is 0 Å². The van der Waals surface area contributed by atoms with Gasteiger partial charge in [-0.25, -0.2) is 13.9 Å². The summed E-state index contributed by atoms with van der Waals surface area (Å²) in [5.74, 6) is -0.468. The van der Waals surface area contributed by atoms with Crippen molar-refractivity contribution in [2.24, 2.45) is 5.73 Å². The van der Waals surface area contributed by atoms with Gasteiger partial charge in [0.2, 0.25) is 5.91 Å². The fourth-order valence-corrected chi connectivity index (χ4v) is 3.28. The molecule has 154 valence electrons. The molecule has 2 bridgehead atoms. The van der Waals surface area contributed by atoms with E-state index in [4.69, 9.17) is 10.5 Å². The van der Waals surface area contributed by atoms with Gasteiger partial charge < -0.3 is 21.1 Å². The molecule has 3 heterocycles. The van der Waals surface area contributed by atoms with Gasteiger partial charge in [0.05, 0.1) is 11.9 Å². The third-order valence-electron chi connectivity index (χ3n) is 4.83. The van der Waals surface area contributed by atoms with Gasteiger partial charge in [0.25, 0.3) is 5.91 Å². The molecule has 0 fully saturated rings. The van der Waals surface area contributed by atoms with E-state index >= 15 is 0 Å². The molecule has 4 N–H and O–H groups in total. The first-order valence-corrected chi connectivity index (χ1v) is 9.28. The summed E-state index contributed by atoms with van der Waals surface area (Å²) in [5.41, 5.74) is 6.88. The number of nitrogens with one attached hydrogen (secondary N) is 2. The summed E-state index contributed by atoms with van der Waals surface area (Å²) in [7, 11) is 0. The van der Waals surface area contributed by atoms with Crippen LogP contribution < -0.4 is 21.1 Å². The number of halogens is 1. The summed E-state index contributed by atoms with van der Waals surface area (Å²) in [6.07, 6.45) is 3.05. The zero-order chi connectivity index (χ0) is 21.5. The first-order valence-electron chi connectivity index (χ1n) is 9.28. The number of aromatic nitrogens is 3. The van der Waals surface area contributed by atoms with Crippen molar-refractivity contribution in [1.29, 1.82) is 0 Å². The van der Waals surface area contributed by atoms with Crippen LogP contribution in [-0.2, 0) is 6.54 Å². The molecule has 31 heavy (non-hydrogen) atoms. The van der Waals surface area contributed by atoms with E-state index in [9.17, 15) is 14.0 Å². The number of carbonyl (C=O) groups is 2. The van der Waals surface area contributed by atoms with Crippen molar-refractivity contribution in [2.75, 3.05) is 10.6 Å². The lowest BCUT2D eigenvalue weighted by Crippen LogP contribution is -2.15. The zero-order valence-electron chi connectivity index (χ0n) is 15.9. The molecule has 0 radical (unpaired) electrons. The molecule has 9 nitrogen and oxygen atoms in total. The number of rotatable bonds is 1. The number of anilines is 2. The van der Waals surface area contributed by atoms with Crippen molar-refractivity contribution in [3.8, 4) is 11.5 Å². The fourth-order valence-electron chi connectivity index (χ4n) is 3.28. The van der Waals surface area contributed by atoms with E-state index in [0.29, 0.717) is 22.8 Å². The number of carbonyl (C=O) groups excluding carboxylic acids is 2. The van der Waals surface area contributed by atoms with Crippen molar-refractivity contribution >= 4 is 29.0 Å². The van der Waals surface area contributed by atoms with Gasteiger partial charge in [-0.2, -0.15) is 5.10 Å². The predicted molar refractivity (Wildman–Crippen MR) is 110 cm³/mol. The SMILES string of the molecule is NC(=O)c1ccc2c(c1)NC(=O)c1cnn3ccc(nc13)NCc1cc(F)ccc1O2. The van der Waals surface area contributed by atoms with Crippen LogP contribution in [-0.4, -0.2) is 26.4 Å². The van der Waals surface area contributed by atoms with Crippen molar-refractivity contribution in [2.45, 2.75) is 6.54 Å². The van der Waals surface area contributed by atoms with Crippen LogP contribution in [0, 0.1) is 5.82 Å². The van der Waals surface area contributed by atoms with Crippen LogP contribution in [0.4, 0.5) is 15.9 Å². The second kappa shape index (κ2) is 7.10. The van der Waals surface area contributed by atoms with Crippen LogP contribution in [0.1, 0.15) is 26.3 Å². The Kier molecular flexibility index (Phi) is 4.25. The van der Waals surface area contributed by atoms with E-state index in [0.717, 1.165) is 0 Å². The standard InChI is InChI=1S/C21H15FN6O3/c22-13-2-4-16-12(7-13)9-24-18-5-6-28-20(27-18)14(10-25-28)21(30)26-15-8-11(19(23)29)1-3-17(15)31-16/h1-8,10H,9H2,(H2,23,29)(H,24,27)(H,26,30). The van der Waals surface area contributed by atoms with Gasteiger partial charge in [0, 0.05) is 23.9 Å². The average molecular weight is 418 g/mol. The van der Waals surface area contributed by atoms with E-state index in [1.54, 1.807) is 12.3 Å². The number of fused-ring (bicyclic) bond motifs is 3. The Morgan fingerprint density at radius 1 is 1.16 bits per heavy atom. The normalized spacial score (nSPS) is 13.0. The lowest BCUT2D eigenvalue weighted by Gasteiger charge is -2.15. The van der Waals surface area contributed by atoms with E-state index in [1.165, 1.54) is 47.1 Å². The summed E-state index contributed by atoms with van der Waals surface area (Å²) in [5, 5.41) is 9.99. The van der Waals surface area contributed by atoms with Crippen LogP contribution in [0.3, 0.4) is 0 Å². The van der Waals surface area contributed by atoms with Gasteiger partial charge in [0.1, 0.15) is 22.9 Å². The van der Waals surface area contributed by atoms with E-state index in [2.05, 4.69) is 20.7 Å². The molecule has 0 saturated heterocycles. The zero-order valence-corrected chi connectivity index (χ0v) is 15.9. The maximum Gasteiger partial charge on any atom is 0.261 e. The molecule has 5 rings (SSSR count). The van der Waals surface area contributed by atoms with Gasteiger partial charge in [-0.1, -0.05) is 0 Å². The number of benzene rings is 2. The predicted octanol–water partition coefficient (Wildman–Crippen LogP) is 2.94. The van der Waals surface area contributed by atoms with E-state index < -0.39 is 17.6 Å². The molecule has 0 spiro atoms. The maximum absolute atomic E-state index is 13.9. The van der Waals surface area contributed by atoms with Crippen LogP contribution in [0.15, 0.2) is 54.9 Å². The van der Waals surface area contributed by atoms with Crippen molar-refractivity contribution in [3.05, 3.63) is 77.4 Å². The Morgan fingerprint density at radius 2 is 2.00 bits per heavy atom. The molecule has 2 amide bonds. The molecule has 2 aromatic heterocycles. The molecule has 0 saturated carbocycles. The minimum absolute atomic E-state index is 0.188. The van der Waals surface area contributed by atoms with Crippen molar-refractivity contribution in [1.82, 2.24) is 14.6 Å². The van der Waals surface area contributed by atoms with Crippen LogP contribution in [0.2, 0.25) is 0 Å². The largest absolute Gasteiger partial charge is 0.455 e. The molecular formula is C21H15FN6O3. The molecule has 1 aliphatic rings. The first-order chi connectivity index (χ1) is 15.0. The van der Waals surface area contributed by atoms with Crippen LogP contribution >= 0.6 is 0 Å². The topological polar surface area (TPSA) is 124 Å². The second-order valence-electron chi connectivity index (χ2n) is 6.88. The summed E-state index contributed by atoms with van der Waals surface area (Å²) in [4.78, 5) is 29.1. The highest BCUT2D eigenvalue weighted by Gasteiger charge is 2.19. The molecule has 4 aromatic rings. The number of nitrogens with zero attached hydrogens (tertiary/aromatic N) is 3. The minimum Gasteiger partial charge on any atom is -0.455 e. The smallest absolute Gasteiger partial charge is 0.261 e. The van der Waals surface area contributed by atoms with Gasteiger partial charge in [-0.3, -0.25) is 9.59 Å². The van der Waals surface area contributed by atoms with Crippen molar-refractivity contribution < 1.29 is 18.7 Å². The highest BCUT2D eigenvalue weighted by atomic mass is 19.1. The number of amides is 2. The highest BCUT2D eigenvalue weighted by Crippen LogP contribution is 2.34. The lowest BCUT2D eigenvalue weighted by molar-refractivity contribution is 0.0996. The molecule has 10 heteroatoms. The number of hydrogen-bond acceptors (Lipinski definition) is 6. The Hall–Kier alpha value is -4.47.